The third kappa shape index (κ3) is 5.70. The van der Waals surface area contributed by atoms with Crippen molar-refractivity contribution in [1.29, 1.82) is 0 Å². The highest BCUT2D eigenvalue weighted by atomic mass is 35.5. The fourth-order valence-electron chi connectivity index (χ4n) is 1.86. The van der Waals surface area contributed by atoms with Gasteiger partial charge in [-0.2, -0.15) is 0 Å². The molecule has 1 atom stereocenters. The second-order valence-corrected chi connectivity index (χ2v) is 8.22. The minimum Gasteiger partial charge on any atom is -0.339 e. The summed E-state index contributed by atoms with van der Waals surface area (Å²) in [6.45, 7) is 1.82. The summed E-state index contributed by atoms with van der Waals surface area (Å²) in [5.41, 5.74) is 0.624. The first-order chi connectivity index (χ1) is 11.9. The second-order valence-electron chi connectivity index (χ2n) is 5.44. The molecule has 2 aromatic rings. The number of anilines is 1. The van der Waals surface area contributed by atoms with Crippen LogP contribution in [-0.2, 0) is 4.79 Å². The van der Waals surface area contributed by atoms with Crippen LogP contribution in [0.1, 0.15) is 6.92 Å². The summed E-state index contributed by atoms with van der Waals surface area (Å²) in [5, 5.41) is 3.10. The Balaban J connectivity index is 2.07. The number of nitrogens with zero attached hydrogens (tertiary/aromatic N) is 1. The third-order valence-electron chi connectivity index (χ3n) is 3.22. The lowest BCUT2D eigenvalue weighted by atomic mass is 10.3. The van der Waals surface area contributed by atoms with Crippen LogP contribution in [0.4, 0.5) is 10.5 Å². The first-order valence-electron chi connectivity index (χ1n) is 7.58. The maximum absolute atomic E-state index is 12.5. The predicted octanol–water partition coefficient (Wildman–Crippen LogP) is 5.23. The number of thioether (sulfide) groups is 2. The Morgan fingerprint density at radius 2 is 1.64 bits per heavy atom. The van der Waals surface area contributed by atoms with Crippen LogP contribution in [0.2, 0.25) is 5.02 Å². The van der Waals surface area contributed by atoms with Crippen molar-refractivity contribution in [3.8, 4) is 0 Å². The molecule has 0 heterocycles. The van der Waals surface area contributed by atoms with Gasteiger partial charge in [-0.25, -0.2) is 0 Å². The van der Waals surface area contributed by atoms with Crippen molar-refractivity contribution in [2.45, 2.75) is 22.0 Å². The van der Waals surface area contributed by atoms with Gasteiger partial charge in [-0.1, -0.05) is 35.9 Å². The van der Waals surface area contributed by atoms with E-state index in [-0.39, 0.29) is 16.4 Å². The molecule has 0 aliphatic rings. The molecule has 0 fully saturated rings. The minimum atomic E-state index is -0.331. The van der Waals surface area contributed by atoms with Crippen LogP contribution in [0.15, 0.2) is 58.3 Å². The predicted molar refractivity (Wildman–Crippen MR) is 107 cm³/mol. The third-order valence-corrected chi connectivity index (χ3v) is 5.95. The molecule has 0 radical (unpaired) electrons. The Morgan fingerprint density at radius 3 is 2.28 bits per heavy atom. The van der Waals surface area contributed by atoms with Crippen LogP contribution in [0, 0.1) is 0 Å². The van der Waals surface area contributed by atoms with Crippen molar-refractivity contribution in [2.24, 2.45) is 0 Å². The molecule has 2 aromatic carbocycles. The molecule has 7 heteroatoms. The highest BCUT2D eigenvalue weighted by molar-refractivity contribution is 8.13. The average molecular weight is 395 g/mol. The SMILES string of the molecule is CC(Sc1ccccc1Cl)C(=O)Nc1ccccc1SC(=O)N(C)C. The lowest BCUT2D eigenvalue weighted by Crippen LogP contribution is -2.23. The zero-order valence-corrected chi connectivity index (χ0v) is 16.5. The van der Waals surface area contributed by atoms with Crippen LogP contribution in [0.25, 0.3) is 0 Å². The Morgan fingerprint density at radius 1 is 1.04 bits per heavy atom. The molecular weight excluding hydrogens is 376 g/mol. The van der Waals surface area contributed by atoms with E-state index in [1.807, 2.05) is 43.3 Å². The quantitative estimate of drug-likeness (QED) is 0.705. The van der Waals surface area contributed by atoms with Gasteiger partial charge in [0.05, 0.1) is 16.0 Å². The number of benzene rings is 2. The molecule has 1 N–H and O–H groups in total. The van der Waals surface area contributed by atoms with Crippen molar-refractivity contribution in [2.75, 3.05) is 19.4 Å². The molecule has 1 unspecified atom stereocenters. The van der Waals surface area contributed by atoms with E-state index in [2.05, 4.69) is 5.32 Å². The molecule has 2 rings (SSSR count). The molecule has 0 saturated heterocycles. The second kappa shape index (κ2) is 9.17. The summed E-state index contributed by atoms with van der Waals surface area (Å²) in [6, 6.07) is 14.7. The molecule has 0 aliphatic heterocycles. The highest BCUT2D eigenvalue weighted by Gasteiger charge is 2.18. The molecule has 0 saturated carbocycles. The van der Waals surface area contributed by atoms with E-state index >= 15 is 0 Å². The average Bonchev–Trinajstić information content (AvgIpc) is 2.58. The monoisotopic (exact) mass is 394 g/mol. The van der Waals surface area contributed by atoms with Crippen molar-refractivity contribution in [3.05, 3.63) is 53.6 Å². The summed E-state index contributed by atoms with van der Waals surface area (Å²) >= 11 is 8.63. The number of hydrogen-bond acceptors (Lipinski definition) is 4. The van der Waals surface area contributed by atoms with Crippen molar-refractivity contribution in [1.82, 2.24) is 4.90 Å². The standard InChI is InChI=1S/C18H19ClN2O2S2/c1-12(24-15-10-6-4-8-13(15)19)17(22)20-14-9-5-7-11-16(14)25-18(23)21(2)3/h4-12H,1-3H3,(H,20,22). The van der Waals surface area contributed by atoms with E-state index in [1.165, 1.54) is 16.7 Å². The van der Waals surface area contributed by atoms with Gasteiger partial charge in [0.1, 0.15) is 0 Å². The maximum atomic E-state index is 12.5. The first-order valence-corrected chi connectivity index (χ1v) is 9.66. The molecule has 4 nitrogen and oxygen atoms in total. The van der Waals surface area contributed by atoms with Gasteiger partial charge in [-0.15, -0.1) is 11.8 Å². The normalized spacial score (nSPS) is 11.7. The minimum absolute atomic E-state index is 0.0970. The summed E-state index contributed by atoms with van der Waals surface area (Å²) in [4.78, 5) is 27.5. The van der Waals surface area contributed by atoms with E-state index < -0.39 is 0 Å². The zero-order chi connectivity index (χ0) is 18.4. The summed E-state index contributed by atoms with van der Waals surface area (Å²) in [6.07, 6.45) is 0. The van der Waals surface area contributed by atoms with Crippen molar-refractivity contribution in [3.63, 3.8) is 0 Å². The van der Waals surface area contributed by atoms with Crippen molar-refractivity contribution >= 4 is 52.0 Å². The highest BCUT2D eigenvalue weighted by Crippen LogP contribution is 2.32. The molecule has 0 spiro atoms. The van der Waals surface area contributed by atoms with Crippen LogP contribution in [-0.4, -0.2) is 35.4 Å². The Bertz CT molecular complexity index is 768. The van der Waals surface area contributed by atoms with Gasteiger partial charge in [-0.05, 0) is 43.0 Å². The first kappa shape index (κ1) is 19.7. The number of carbonyl (C=O) groups is 2. The molecule has 132 valence electrons. The number of nitrogens with one attached hydrogen (secondary N) is 1. The molecule has 0 aromatic heterocycles. The van der Waals surface area contributed by atoms with Gasteiger partial charge >= 0.3 is 0 Å². The van der Waals surface area contributed by atoms with Crippen LogP contribution >= 0.6 is 35.1 Å². The molecule has 0 bridgehead atoms. The van der Waals surface area contributed by atoms with Crippen LogP contribution < -0.4 is 5.32 Å². The Kier molecular flexibility index (Phi) is 7.23. The number of carbonyl (C=O) groups excluding carboxylic acids is 2. The largest absolute Gasteiger partial charge is 0.339 e. The van der Waals surface area contributed by atoms with E-state index in [0.717, 1.165) is 16.7 Å². The molecule has 25 heavy (non-hydrogen) atoms. The fourth-order valence-corrected chi connectivity index (χ4v) is 3.76. The van der Waals surface area contributed by atoms with Crippen LogP contribution in [0.5, 0.6) is 0 Å². The molecular formula is C18H19ClN2O2S2. The number of amides is 2. The topological polar surface area (TPSA) is 49.4 Å². The van der Waals surface area contributed by atoms with Crippen molar-refractivity contribution < 1.29 is 9.59 Å². The lowest BCUT2D eigenvalue weighted by molar-refractivity contribution is -0.115. The summed E-state index contributed by atoms with van der Waals surface area (Å²) in [5.74, 6) is -0.143. The van der Waals surface area contributed by atoms with Crippen LogP contribution in [0.3, 0.4) is 0 Å². The number of para-hydroxylation sites is 1. The van der Waals surface area contributed by atoms with E-state index in [0.29, 0.717) is 15.6 Å². The number of halogens is 1. The summed E-state index contributed by atoms with van der Waals surface area (Å²) < 4.78 is 0. The maximum Gasteiger partial charge on any atom is 0.286 e. The Labute approximate surface area is 161 Å². The Hall–Kier alpha value is -1.63. The number of rotatable bonds is 5. The smallest absolute Gasteiger partial charge is 0.286 e. The van der Waals surface area contributed by atoms with Gasteiger partial charge in [-0.3, -0.25) is 9.59 Å². The molecule has 0 aliphatic carbocycles. The van der Waals surface area contributed by atoms with Gasteiger partial charge in [0.2, 0.25) is 5.91 Å². The fraction of sp³-hybridized carbons (Fsp3) is 0.222. The van der Waals surface area contributed by atoms with E-state index in [1.54, 1.807) is 26.2 Å². The van der Waals surface area contributed by atoms with Gasteiger partial charge < -0.3 is 10.2 Å². The van der Waals surface area contributed by atoms with E-state index in [9.17, 15) is 9.59 Å². The van der Waals surface area contributed by atoms with Gasteiger partial charge in [0, 0.05) is 23.9 Å². The zero-order valence-electron chi connectivity index (χ0n) is 14.2. The van der Waals surface area contributed by atoms with Gasteiger partial charge in [0.15, 0.2) is 0 Å². The number of hydrogen-bond donors (Lipinski definition) is 1. The lowest BCUT2D eigenvalue weighted by Gasteiger charge is -2.16. The van der Waals surface area contributed by atoms with Gasteiger partial charge in [0.25, 0.3) is 5.24 Å². The molecule has 2 amide bonds. The summed E-state index contributed by atoms with van der Waals surface area (Å²) in [7, 11) is 3.39. The van der Waals surface area contributed by atoms with E-state index in [4.69, 9.17) is 11.6 Å².